The molecule has 2 rings (SSSR count). The lowest BCUT2D eigenvalue weighted by atomic mass is 9.92. The van der Waals surface area contributed by atoms with Crippen LogP contribution in [0.15, 0.2) is 36.2 Å². The lowest BCUT2D eigenvalue weighted by molar-refractivity contribution is -0.137. The Morgan fingerprint density at radius 1 is 1.18 bits per heavy atom. The van der Waals surface area contributed by atoms with Crippen molar-refractivity contribution in [3.63, 3.8) is 0 Å². The van der Waals surface area contributed by atoms with Crippen molar-refractivity contribution >= 4 is 0 Å². The van der Waals surface area contributed by atoms with E-state index in [-0.39, 0.29) is 12.0 Å². The molecule has 1 aliphatic carbocycles. The number of hydrogen-bond donors (Lipinski definition) is 0. The van der Waals surface area contributed by atoms with E-state index in [9.17, 15) is 22.0 Å². The van der Waals surface area contributed by atoms with E-state index in [0.717, 1.165) is 24.3 Å². The number of rotatable bonds is 1. The molecule has 1 aromatic carbocycles. The van der Waals surface area contributed by atoms with E-state index in [4.69, 9.17) is 0 Å². The molecule has 17 heavy (non-hydrogen) atoms. The van der Waals surface area contributed by atoms with E-state index in [0.29, 0.717) is 0 Å². The van der Waals surface area contributed by atoms with Crippen molar-refractivity contribution in [1.82, 2.24) is 0 Å². The SMILES string of the molecule is FC1=CCC(F)(c2cccc(C(F)(F)F)c2)C1. The lowest BCUT2D eigenvalue weighted by Crippen LogP contribution is -2.17. The standard InChI is InChI=1S/C12H9F5/c13-10-4-5-11(14,7-10)8-2-1-3-9(6-8)12(15,16)17/h1-4,6H,5,7H2. The normalized spacial score (nSPS) is 24.9. The molecule has 0 aromatic heterocycles. The molecule has 0 saturated carbocycles. The zero-order valence-electron chi connectivity index (χ0n) is 8.69. The summed E-state index contributed by atoms with van der Waals surface area (Å²) >= 11 is 0. The summed E-state index contributed by atoms with van der Waals surface area (Å²) in [6.07, 6.45) is -4.16. The Balaban J connectivity index is 2.35. The van der Waals surface area contributed by atoms with Crippen LogP contribution in [-0.4, -0.2) is 0 Å². The highest BCUT2D eigenvalue weighted by Gasteiger charge is 2.39. The van der Waals surface area contributed by atoms with Gasteiger partial charge in [0.15, 0.2) is 0 Å². The van der Waals surface area contributed by atoms with Gasteiger partial charge in [0.05, 0.1) is 11.4 Å². The van der Waals surface area contributed by atoms with Gasteiger partial charge in [0, 0.05) is 12.8 Å². The molecule has 0 fully saturated rings. The van der Waals surface area contributed by atoms with Crippen LogP contribution in [0.3, 0.4) is 0 Å². The molecule has 1 atom stereocenters. The first-order chi connectivity index (χ1) is 7.81. The second kappa shape index (κ2) is 3.82. The smallest absolute Gasteiger partial charge is 0.238 e. The van der Waals surface area contributed by atoms with Crippen LogP contribution in [0.2, 0.25) is 0 Å². The Labute approximate surface area is 94.8 Å². The Hall–Kier alpha value is -1.39. The van der Waals surface area contributed by atoms with Crippen LogP contribution in [0.4, 0.5) is 22.0 Å². The van der Waals surface area contributed by atoms with Crippen molar-refractivity contribution in [1.29, 1.82) is 0 Å². The molecule has 1 unspecified atom stereocenters. The lowest BCUT2D eigenvalue weighted by Gasteiger charge is -2.20. The van der Waals surface area contributed by atoms with Gasteiger partial charge in [-0.2, -0.15) is 13.2 Å². The molecule has 1 aromatic rings. The van der Waals surface area contributed by atoms with Gasteiger partial charge in [-0.3, -0.25) is 0 Å². The van der Waals surface area contributed by atoms with Crippen LogP contribution < -0.4 is 0 Å². The van der Waals surface area contributed by atoms with E-state index < -0.39 is 29.7 Å². The average molecular weight is 248 g/mol. The highest BCUT2D eigenvalue weighted by Crippen LogP contribution is 2.43. The third kappa shape index (κ3) is 2.33. The summed E-state index contributed by atoms with van der Waals surface area (Å²) in [4.78, 5) is 0. The largest absolute Gasteiger partial charge is 0.416 e. The summed E-state index contributed by atoms with van der Waals surface area (Å²) < 4.78 is 64.4. The van der Waals surface area contributed by atoms with E-state index in [2.05, 4.69) is 0 Å². The Bertz CT molecular complexity index is 460. The van der Waals surface area contributed by atoms with E-state index in [1.54, 1.807) is 0 Å². The molecule has 0 bridgehead atoms. The Morgan fingerprint density at radius 2 is 1.88 bits per heavy atom. The quantitative estimate of drug-likeness (QED) is 0.641. The maximum absolute atomic E-state index is 14.2. The molecule has 0 spiro atoms. The van der Waals surface area contributed by atoms with E-state index >= 15 is 0 Å². The maximum atomic E-state index is 14.2. The van der Waals surface area contributed by atoms with Crippen molar-refractivity contribution in [3.8, 4) is 0 Å². The van der Waals surface area contributed by atoms with Gasteiger partial charge in [-0.1, -0.05) is 12.1 Å². The summed E-state index contributed by atoms with van der Waals surface area (Å²) in [5.41, 5.74) is -3.10. The number of allylic oxidation sites excluding steroid dienone is 2. The summed E-state index contributed by atoms with van der Waals surface area (Å²) in [5.74, 6) is -0.620. The average Bonchev–Trinajstić information content (AvgIpc) is 2.59. The number of benzene rings is 1. The number of hydrogen-bond acceptors (Lipinski definition) is 0. The number of halogens is 5. The van der Waals surface area contributed by atoms with Crippen LogP contribution in [0.25, 0.3) is 0 Å². The minimum absolute atomic E-state index is 0.128. The van der Waals surface area contributed by atoms with Crippen molar-refractivity contribution in [3.05, 3.63) is 47.3 Å². The van der Waals surface area contributed by atoms with Gasteiger partial charge in [0.25, 0.3) is 0 Å². The molecular formula is C12H9F5. The van der Waals surface area contributed by atoms with Gasteiger partial charge in [-0.15, -0.1) is 0 Å². The molecule has 0 nitrogen and oxygen atoms in total. The van der Waals surface area contributed by atoms with Crippen LogP contribution in [0, 0.1) is 0 Å². The minimum Gasteiger partial charge on any atom is -0.238 e. The molecule has 0 saturated heterocycles. The summed E-state index contributed by atoms with van der Waals surface area (Å²) in [5, 5.41) is 0. The first-order valence-electron chi connectivity index (χ1n) is 5.02. The van der Waals surface area contributed by atoms with Gasteiger partial charge < -0.3 is 0 Å². The summed E-state index contributed by atoms with van der Waals surface area (Å²) in [6, 6.07) is 4.00. The van der Waals surface area contributed by atoms with Gasteiger partial charge in [-0.05, 0) is 23.8 Å². The molecule has 92 valence electrons. The molecule has 0 radical (unpaired) electrons. The molecule has 0 aliphatic heterocycles. The molecule has 1 aliphatic rings. The molecule has 0 amide bonds. The molecule has 0 N–H and O–H groups in total. The second-order valence-corrected chi connectivity index (χ2v) is 4.08. The zero-order chi connectivity index (χ0) is 12.7. The molecule has 5 heteroatoms. The predicted molar refractivity (Wildman–Crippen MR) is 52.7 cm³/mol. The summed E-state index contributed by atoms with van der Waals surface area (Å²) in [7, 11) is 0. The first kappa shape index (κ1) is 12.1. The van der Waals surface area contributed by atoms with Gasteiger partial charge in [0.2, 0.25) is 0 Å². The molecular weight excluding hydrogens is 239 g/mol. The van der Waals surface area contributed by atoms with Gasteiger partial charge in [0.1, 0.15) is 5.67 Å². The zero-order valence-corrected chi connectivity index (χ0v) is 8.69. The minimum atomic E-state index is -4.52. The Kier molecular flexibility index (Phi) is 2.72. The highest BCUT2D eigenvalue weighted by atomic mass is 19.4. The topological polar surface area (TPSA) is 0 Å². The van der Waals surface area contributed by atoms with E-state index in [1.807, 2.05) is 0 Å². The first-order valence-corrected chi connectivity index (χ1v) is 5.02. The van der Waals surface area contributed by atoms with Crippen molar-refractivity contribution < 1.29 is 22.0 Å². The third-order valence-corrected chi connectivity index (χ3v) is 2.80. The van der Waals surface area contributed by atoms with Gasteiger partial charge in [-0.25, -0.2) is 8.78 Å². The monoisotopic (exact) mass is 248 g/mol. The van der Waals surface area contributed by atoms with Crippen LogP contribution >= 0.6 is 0 Å². The van der Waals surface area contributed by atoms with Crippen LogP contribution in [0.5, 0.6) is 0 Å². The van der Waals surface area contributed by atoms with Crippen molar-refractivity contribution in [2.24, 2.45) is 0 Å². The van der Waals surface area contributed by atoms with Crippen LogP contribution in [-0.2, 0) is 11.8 Å². The van der Waals surface area contributed by atoms with Crippen LogP contribution in [0.1, 0.15) is 24.0 Å². The number of alkyl halides is 4. The maximum Gasteiger partial charge on any atom is 0.416 e. The summed E-state index contributed by atoms with van der Waals surface area (Å²) in [6.45, 7) is 0. The predicted octanol–water partition coefficient (Wildman–Crippen LogP) is 4.52. The fourth-order valence-electron chi connectivity index (χ4n) is 1.88. The third-order valence-electron chi connectivity index (χ3n) is 2.80. The Morgan fingerprint density at radius 3 is 2.41 bits per heavy atom. The second-order valence-electron chi connectivity index (χ2n) is 4.08. The van der Waals surface area contributed by atoms with Gasteiger partial charge >= 0.3 is 6.18 Å². The van der Waals surface area contributed by atoms with Crippen molar-refractivity contribution in [2.45, 2.75) is 24.7 Å². The molecule has 0 heterocycles. The van der Waals surface area contributed by atoms with E-state index in [1.165, 1.54) is 6.07 Å². The highest BCUT2D eigenvalue weighted by molar-refractivity contribution is 5.33. The van der Waals surface area contributed by atoms with Crippen molar-refractivity contribution in [2.75, 3.05) is 0 Å². The fraction of sp³-hybridized carbons (Fsp3) is 0.333. The fourth-order valence-corrected chi connectivity index (χ4v) is 1.88.